The number of hydrogen-bond donors (Lipinski definition) is 3. The molecule has 2 aromatic rings. The third-order valence-electron chi connectivity index (χ3n) is 1.74. The van der Waals surface area contributed by atoms with E-state index in [1.165, 1.54) is 6.33 Å². The van der Waals surface area contributed by atoms with Crippen molar-refractivity contribution in [2.24, 2.45) is 0 Å². The van der Waals surface area contributed by atoms with Crippen LogP contribution in [0.15, 0.2) is 6.33 Å². The summed E-state index contributed by atoms with van der Waals surface area (Å²) in [7, 11) is 0. The number of aromatic amines is 1. The van der Waals surface area contributed by atoms with Gasteiger partial charge >= 0.3 is 0 Å². The third-order valence-corrected chi connectivity index (χ3v) is 2.14. The van der Waals surface area contributed by atoms with E-state index in [1.54, 1.807) is 0 Å². The molecule has 4 N–H and O–H groups in total. The fraction of sp³-hybridized carbons (Fsp3) is 0.143. The second-order valence-corrected chi connectivity index (χ2v) is 3.92. The molecule has 0 aliphatic heterocycles. The molecule has 16 heavy (non-hydrogen) atoms. The number of nitrogens with two attached hydrogens (primary N) is 1. The van der Waals surface area contributed by atoms with Crippen molar-refractivity contribution in [2.45, 2.75) is 4.84 Å². The van der Waals surface area contributed by atoms with Gasteiger partial charge < -0.3 is 16.0 Å². The van der Waals surface area contributed by atoms with Gasteiger partial charge in [0.05, 0.1) is 6.33 Å². The highest BCUT2D eigenvalue weighted by atomic mass is 35.5. The van der Waals surface area contributed by atoms with Crippen molar-refractivity contribution >= 4 is 52.0 Å². The molecule has 84 valence electrons. The average Bonchev–Trinajstić information content (AvgIpc) is 2.65. The summed E-state index contributed by atoms with van der Waals surface area (Å²) in [5, 5.41) is 2.41. The number of carbonyl (C=O) groups excluding carboxylic acids is 1. The van der Waals surface area contributed by atoms with Crippen LogP contribution < -0.4 is 11.1 Å². The number of aromatic nitrogens is 4. The predicted molar refractivity (Wildman–Crippen MR) is 60.2 cm³/mol. The molecule has 7 nitrogen and oxygen atoms in total. The lowest BCUT2D eigenvalue weighted by Crippen LogP contribution is -2.20. The fourth-order valence-corrected chi connectivity index (χ4v) is 1.22. The molecule has 0 fully saturated rings. The Labute approximate surface area is 99.4 Å². The maximum absolute atomic E-state index is 11.3. The highest BCUT2D eigenvalue weighted by molar-refractivity contribution is 6.54. The van der Waals surface area contributed by atoms with Crippen molar-refractivity contribution in [3.05, 3.63) is 6.33 Å². The molecule has 0 saturated carbocycles. The standard InChI is InChI=1S/C7H6Cl2N6O/c8-3(9)6(16)13-5-2-4(12-1-11-2)14-7(10)15-5/h1,3H,(H4,10,11,12,13,14,15,16). The van der Waals surface area contributed by atoms with Crippen molar-refractivity contribution in [3.63, 3.8) is 0 Å². The number of amides is 1. The quantitative estimate of drug-likeness (QED) is 0.688. The molecule has 2 heterocycles. The zero-order valence-electron chi connectivity index (χ0n) is 7.74. The van der Waals surface area contributed by atoms with Crippen LogP contribution in [0.4, 0.5) is 11.8 Å². The lowest BCUT2D eigenvalue weighted by Gasteiger charge is -2.05. The molecular formula is C7H6Cl2N6O. The molecular weight excluding hydrogens is 255 g/mol. The molecule has 0 spiro atoms. The number of nitrogen functional groups attached to an aromatic ring is 1. The summed E-state index contributed by atoms with van der Waals surface area (Å²) in [6.07, 6.45) is 1.41. The number of halogens is 2. The monoisotopic (exact) mass is 260 g/mol. The summed E-state index contributed by atoms with van der Waals surface area (Å²) in [4.78, 5) is 24.4. The van der Waals surface area contributed by atoms with Crippen LogP contribution in [0.1, 0.15) is 0 Å². The van der Waals surface area contributed by atoms with Gasteiger partial charge in [0.2, 0.25) is 5.95 Å². The molecule has 2 rings (SSSR count). The number of alkyl halides is 2. The van der Waals surface area contributed by atoms with Crippen molar-refractivity contribution in [3.8, 4) is 0 Å². The van der Waals surface area contributed by atoms with Crippen LogP contribution >= 0.6 is 23.2 Å². The van der Waals surface area contributed by atoms with Crippen LogP contribution in [0.25, 0.3) is 11.2 Å². The van der Waals surface area contributed by atoms with E-state index in [0.717, 1.165) is 0 Å². The highest BCUT2D eigenvalue weighted by Gasteiger charge is 2.15. The van der Waals surface area contributed by atoms with Crippen LogP contribution in [0, 0.1) is 0 Å². The van der Waals surface area contributed by atoms with E-state index in [-0.39, 0.29) is 11.8 Å². The minimum absolute atomic E-state index is 0.00408. The van der Waals surface area contributed by atoms with Crippen LogP contribution in [-0.2, 0) is 4.79 Å². The second-order valence-electron chi connectivity index (χ2n) is 2.82. The van der Waals surface area contributed by atoms with Gasteiger partial charge in [0.1, 0.15) is 5.52 Å². The summed E-state index contributed by atoms with van der Waals surface area (Å²) in [6.45, 7) is 0. The maximum atomic E-state index is 11.3. The van der Waals surface area contributed by atoms with Gasteiger partial charge in [0.15, 0.2) is 16.3 Å². The summed E-state index contributed by atoms with van der Waals surface area (Å²) in [5.41, 5.74) is 6.25. The van der Waals surface area contributed by atoms with Crippen LogP contribution in [0.3, 0.4) is 0 Å². The van der Waals surface area contributed by atoms with Gasteiger partial charge in [-0.3, -0.25) is 4.79 Å². The van der Waals surface area contributed by atoms with E-state index in [2.05, 4.69) is 25.3 Å². The minimum atomic E-state index is -1.19. The Hall–Kier alpha value is -1.60. The molecule has 0 unspecified atom stereocenters. The van der Waals surface area contributed by atoms with Gasteiger partial charge in [-0.05, 0) is 0 Å². The number of carbonyl (C=O) groups is 1. The Kier molecular flexibility index (Phi) is 2.80. The number of nitrogens with one attached hydrogen (secondary N) is 2. The zero-order chi connectivity index (χ0) is 11.7. The summed E-state index contributed by atoms with van der Waals surface area (Å²) in [5.74, 6) is -0.413. The van der Waals surface area contributed by atoms with Crippen molar-refractivity contribution < 1.29 is 4.79 Å². The topological polar surface area (TPSA) is 110 Å². The number of nitrogens with zero attached hydrogens (tertiary/aromatic N) is 3. The Morgan fingerprint density at radius 2 is 2.25 bits per heavy atom. The minimum Gasteiger partial charge on any atom is -0.368 e. The van der Waals surface area contributed by atoms with Gasteiger partial charge in [-0.15, -0.1) is 0 Å². The van der Waals surface area contributed by atoms with Crippen LogP contribution in [0.2, 0.25) is 0 Å². The van der Waals surface area contributed by atoms with E-state index in [1.807, 2.05) is 0 Å². The number of H-pyrrole nitrogens is 1. The molecule has 0 aromatic carbocycles. The van der Waals surface area contributed by atoms with Gasteiger partial charge in [-0.25, -0.2) is 4.98 Å². The zero-order valence-corrected chi connectivity index (χ0v) is 9.25. The first-order valence-corrected chi connectivity index (χ1v) is 5.01. The first kappa shape index (κ1) is 10.9. The Morgan fingerprint density at radius 1 is 1.50 bits per heavy atom. The van der Waals surface area contributed by atoms with E-state index in [9.17, 15) is 4.79 Å². The molecule has 2 aromatic heterocycles. The molecule has 0 saturated heterocycles. The molecule has 0 bridgehead atoms. The average molecular weight is 261 g/mol. The molecule has 0 radical (unpaired) electrons. The second kappa shape index (κ2) is 4.11. The van der Waals surface area contributed by atoms with E-state index < -0.39 is 10.7 Å². The summed E-state index contributed by atoms with van der Waals surface area (Å²) < 4.78 is 0. The van der Waals surface area contributed by atoms with E-state index >= 15 is 0 Å². The lowest BCUT2D eigenvalue weighted by atomic mass is 10.5. The van der Waals surface area contributed by atoms with Gasteiger partial charge in [0.25, 0.3) is 5.91 Å². The number of hydrogen-bond acceptors (Lipinski definition) is 5. The van der Waals surface area contributed by atoms with E-state index in [4.69, 9.17) is 28.9 Å². The van der Waals surface area contributed by atoms with Gasteiger partial charge in [-0.2, -0.15) is 9.97 Å². The first-order valence-electron chi connectivity index (χ1n) is 4.13. The predicted octanol–water partition coefficient (Wildman–Crippen LogP) is 0.677. The maximum Gasteiger partial charge on any atom is 0.258 e. The number of anilines is 2. The molecule has 0 atom stereocenters. The lowest BCUT2D eigenvalue weighted by molar-refractivity contribution is -0.114. The Bertz CT molecular complexity index is 539. The van der Waals surface area contributed by atoms with Crippen LogP contribution in [-0.4, -0.2) is 30.7 Å². The Balaban J connectivity index is 2.43. The summed E-state index contributed by atoms with van der Waals surface area (Å²) in [6, 6.07) is 0. The smallest absolute Gasteiger partial charge is 0.258 e. The van der Waals surface area contributed by atoms with E-state index in [0.29, 0.717) is 11.2 Å². The van der Waals surface area contributed by atoms with Gasteiger partial charge in [-0.1, -0.05) is 23.2 Å². The fourth-order valence-electron chi connectivity index (χ4n) is 1.11. The summed E-state index contributed by atoms with van der Waals surface area (Å²) >= 11 is 10.8. The number of imidazole rings is 1. The largest absolute Gasteiger partial charge is 0.368 e. The van der Waals surface area contributed by atoms with Crippen molar-refractivity contribution in [1.29, 1.82) is 0 Å². The Morgan fingerprint density at radius 3 is 2.94 bits per heavy atom. The number of rotatable bonds is 2. The third kappa shape index (κ3) is 2.00. The molecule has 1 amide bonds. The van der Waals surface area contributed by atoms with Gasteiger partial charge in [0, 0.05) is 0 Å². The van der Waals surface area contributed by atoms with Crippen molar-refractivity contribution in [1.82, 2.24) is 19.9 Å². The highest BCUT2D eigenvalue weighted by Crippen LogP contribution is 2.18. The molecule has 9 heteroatoms. The SMILES string of the molecule is Nc1nc(NC(=O)C(Cl)Cl)c2[nH]cnc2n1. The number of fused-ring (bicyclic) bond motifs is 1. The van der Waals surface area contributed by atoms with Crippen LogP contribution in [0.5, 0.6) is 0 Å². The normalized spacial score (nSPS) is 10.9. The first-order chi connectivity index (χ1) is 7.58. The molecule has 0 aliphatic carbocycles. The van der Waals surface area contributed by atoms with Crippen molar-refractivity contribution in [2.75, 3.05) is 11.1 Å². The molecule has 0 aliphatic rings.